The molecule has 0 atom stereocenters. The van der Waals surface area contributed by atoms with E-state index in [9.17, 15) is 4.79 Å². The van der Waals surface area contributed by atoms with Gasteiger partial charge in [0.1, 0.15) is 0 Å². The number of nitrogens with zero attached hydrogens (tertiary/aromatic N) is 2. The molecule has 3 rings (SSSR count). The predicted molar refractivity (Wildman–Crippen MR) is 88.5 cm³/mol. The maximum Gasteiger partial charge on any atom is 0.224 e. The molecule has 0 aliphatic rings. The van der Waals surface area contributed by atoms with Crippen LogP contribution in [0.2, 0.25) is 0 Å². The number of amides is 1. The Kier molecular flexibility index (Phi) is 4.05. The number of imidazole rings is 1. The summed E-state index contributed by atoms with van der Waals surface area (Å²) in [6.07, 6.45) is 3.06. The minimum absolute atomic E-state index is 0.00851. The monoisotopic (exact) mass is 294 g/mol. The molecule has 5 nitrogen and oxygen atoms in total. The molecular formula is C17H18N4O. The molecule has 22 heavy (non-hydrogen) atoms. The van der Waals surface area contributed by atoms with Crippen molar-refractivity contribution in [2.24, 2.45) is 0 Å². The van der Waals surface area contributed by atoms with Crippen LogP contribution in [0, 0.1) is 0 Å². The van der Waals surface area contributed by atoms with Crippen molar-refractivity contribution in [3.8, 4) is 0 Å². The van der Waals surface area contributed by atoms with Crippen LogP contribution in [0.5, 0.6) is 0 Å². The van der Waals surface area contributed by atoms with Crippen LogP contribution in [0.3, 0.4) is 0 Å². The van der Waals surface area contributed by atoms with Crippen molar-refractivity contribution < 1.29 is 4.79 Å². The van der Waals surface area contributed by atoms with E-state index in [-0.39, 0.29) is 5.91 Å². The lowest BCUT2D eigenvalue weighted by Gasteiger charge is -2.06. The van der Waals surface area contributed by atoms with Crippen LogP contribution in [-0.4, -0.2) is 15.5 Å². The van der Waals surface area contributed by atoms with Gasteiger partial charge < -0.3 is 15.6 Å². The molecule has 0 bridgehead atoms. The average Bonchev–Trinajstić information content (AvgIpc) is 2.93. The largest absolute Gasteiger partial charge is 0.399 e. The van der Waals surface area contributed by atoms with E-state index in [0.717, 1.165) is 29.7 Å². The Labute approximate surface area is 128 Å². The molecular weight excluding hydrogens is 276 g/mol. The second-order valence-corrected chi connectivity index (χ2v) is 5.20. The number of para-hydroxylation sites is 2. The molecule has 1 heterocycles. The van der Waals surface area contributed by atoms with E-state index in [1.807, 2.05) is 30.6 Å². The smallest absolute Gasteiger partial charge is 0.224 e. The molecule has 3 N–H and O–H groups in total. The molecule has 0 aliphatic carbocycles. The number of nitrogens with two attached hydrogens (primary N) is 1. The highest BCUT2D eigenvalue weighted by atomic mass is 16.1. The standard InChI is InChI=1S/C17H18N4O/c18-13-7-9-14(10-8-13)20-17(22)6-3-11-21-12-19-15-4-1-2-5-16(15)21/h1-2,4-5,7-10,12H,3,6,11,18H2,(H,20,22). The van der Waals surface area contributed by atoms with E-state index >= 15 is 0 Å². The number of benzene rings is 2. The Hall–Kier alpha value is -2.82. The minimum atomic E-state index is 0.00851. The van der Waals surface area contributed by atoms with E-state index in [4.69, 9.17) is 5.73 Å². The Morgan fingerprint density at radius 3 is 2.73 bits per heavy atom. The average molecular weight is 294 g/mol. The van der Waals surface area contributed by atoms with E-state index in [0.29, 0.717) is 12.1 Å². The number of rotatable bonds is 5. The van der Waals surface area contributed by atoms with Crippen LogP contribution >= 0.6 is 0 Å². The number of aryl methyl sites for hydroxylation is 1. The third kappa shape index (κ3) is 3.25. The molecule has 2 aromatic carbocycles. The summed E-state index contributed by atoms with van der Waals surface area (Å²) < 4.78 is 2.08. The molecule has 0 aliphatic heterocycles. The van der Waals surface area contributed by atoms with E-state index in [1.54, 1.807) is 24.3 Å². The lowest BCUT2D eigenvalue weighted by atomic mass is 10.2. The van der Waals surface area contributed by atoms with Crippen molar-refractivity contribution in [2.45, 2.75) is 19.4 Å². The van der Waals surface area contributed by atoms with Gasteiger partial charge in [-0.25, -0.2) is 4.98 Å². The summed E-state index contributed by atoms with van der Waals surface area (Å²) in [5, 5.41) is 2.87. The molecule has 0 radical (unpaired) electrons. The summed E-state index contributed by atoms with van der Waals surface area (Å²) in [6.45, 7) is 0.773. The quantitative estimate of drug-likeness (QED) is 0.710. The summed E-state index contributed by atoms with van der Waals surface area (Å²) in [5.41, 5.74) is 9.15. The Morgan fingerprint density at radius 1 is 1.14 bits per heavy atom. The molecule has 0 saturated carbocycles. The second kappa shape index (κ2) is 6.30. The normalized spacial score (nSPS) is 10.7. The minimum Gasteiger partial charge on any atom is -0.399 e. The number of carbonyl (C=O) groups excluding carboxylic acids is 1. The molecule has 0 unspecified atom stereocenters. The van der Waals surface area contributed by atoms with Gasteiger partial charge in [-0.15, -0.1) is 0 Å². The van der Waals surface area contributed by atoms with Gasteiger partial charge in [-0.3, -0.25) is 4.79 Å². The number of nitrogens with one attached hydrogen (secondary N) is 1. The maximum atomic E-state index is 11.9. The van der Waals surface area contributed by atoms with Crippen molar-refractivity contribution in [3.05, 3.63) is 54.9 Å². The van der Waals surface area contributed by atoms with Gasteiger partial charge in [-0.1, -0.05) is 12.1 Å². The number of carbonyl (C=O) groups is 1. The van der Waals surface area contributed by atoms with Crippen LogP contribution in [0.25, 0.3) is 11.0 Å². The first-order valence-corrected chi connectivity index (χ1v) is 7.27. The number of anilines is 2. The van der Waals surface area contributed by atoms with Crippen LogP contribution < -0.4 is 11.1 Å². The van der Waals surface area contributed by atoms with E-state index in [2.05, 4.69) is 14.9 Å². The Morgan fingerprint density at radius 2 is 1.91 bits per heavy atom. The fraction of sp³-hybridized carbons (Fsp3) is 0.176. The van der Waals surface area contributed by atoms with Gasteiger partial charge in [0.05, 0.1) is 17.4 Å². The molecule has 0 spiro atoms. The van der Waals surface area contributed by atoms with Gasteiger partial charge in [-0.2, -0.15) is 0 Å². The Balaban J connectivity index is 1.52. The maximum absolute atomic E-state index is 11.9. The van der Waals surface area contributed by atoms with E-state index < -0.39 is 0 Å². The summed E-state index contributed by atoms with van der Waals surface area (Å²) in [5.74, 6) is 0.00851. The summed E-state index contributed by atoms with van der Waals surface area (Å²) in [4.78, 5) is 16.3. The summed E-state index contributed by atoms with van der Waals surface area (Å²) in [6, 6.07) is 15.1. The fourth-order valence-corrected chi connectivity index (χ4v) is 2.39. The molecule has 0 fully saturated rings. The molecule has 1 aromatic heterocycles. The van der Waals surface area contributed by atoms with Crippen molar-refractivity contribution in [1.29, 1.82) is 0 Å². The van der Waals surface area contributed by atoms with Gasteiger partial charge in [0.25, 0.3) is 0 Å². The Bertz CT molecular complexity index is 777. The van der Waals surface area contributed by atoms with Gasteiger partial charge >= 0.3 is 0 Å². The number of aromatic nitrogens is 2. The van der Waals surface area contributed by atoms with Gasteiger partial charge in [-0.05, 0) is 42.8 Å². The molecule has 5 heteroatoms. The molecule has 112 valence electrons. The topological polar surface area (TPSA) is 72.9 Å². The predicted octanol–water partition coefficient (Wildman–Crippen LogP) is 3.04. The SMILES string of the molecule is Nc1ccc(NC(=O)CCCn2cnc3ccccc32)cc1. The zero-order valence-electron chi connectivity index (χ0n) is 12.2. The fourth-order valence-electron chi connectivity index (χ4n) is 2.39. The van der Waals surface area contributed by atoms with Crippen molar-refractivity contribution >= 4 is 28.3 Å². The van der Waals surface area contributed by atoms with Gasteiger partial charge in [0.2, 0.25) is 5.91 Å². The first-order chi connectivity index (χ1) is 10.7. The zero-order valence-corrected chi connectivity index (χ0v) is 12.2. The van der Waals surface area contributed by atoms with Crippen molar-refractivity contribution in [3.63, 3.8) is 0 Å². The third-order valence-corrected chi connectivity index (χ3v) is 3.52. The second-order valence-electron chi connectivity index (χ2n) is 5.20. The number of fused-ring (bicyclic) bond motifs is 1. The van der Waals surface area contributed by atoms with Crippen LogP contribution in [0.1, 0.15) is 12.8 Å². The summed E-state index contributed by atoms with van der Waals surface area (Å²) in [7, 11) is 0. The van der Waals surface area contributed by atoms with Gasteiger partial charge in [0.15, 0.2) is 0 Å². The number of hydrogen-bond acceptors (Lipinski definition) is 3. The number of nitrogen functional groups attached to an aromatic ring is 1. The van der Waals surface area contributed by atoms with Crippen molar-refractivity contribution in [1.82, 2.24) is 9.55 Å². The van der Waals surface area contributed by atoms with Crippen LogP contribution in [-0.2, 0) is 11.3 Å². The highest BCUT2D eigenvalue weighted by Crippen LogP contribution is 2.14. The number of hydrogen-bond donors (Lipinski definition) is 2. The van der Waals surface area contributed by atoms with Crippen LogP contribution in [0.15, 0.2) is 54.9 Å². The summed E-state index contributed by atoms with van der Waals surface area (Å²) >= 11 is 0. The lowest BCUT2D eigenvalue weighted by molar-refractivity contribution is -0.116. The molecule has 3 aromatic rings. The first-order valence-electron chi connectivity index (χ1n) is 7.27. The van der Waals surface area contributed by atoms with Crippen molar-refractivity contribution in [2.75, 3.05) is 11.1 Å². The molecule has 0 saturated heterocycles. The van der Waals surface area contributed by atoms with Crippen LogP contribution in [0.4, 0.5) is 11.4 Å². The highest BCUT2D eigenvalue weighted by molar-refractivity contribution is 5.90. The lowest BCUT2D eigenvalue weighted by Crippen LogP contribution is -2.12. The van der Waals surface area contributed by atoms with E-state index in [1.165, 1.54) is 0 Å². The third-order valence-electron chi connectivity index (χ3n) is 3.52. The van der Waals surface area contributed by atoms with Gasteiger partial charge in [0, 0.05) is 24.3 Å². The first kappa shape index (κ1) is 14.1. The highest BCUT2D eigenvalue weighted by Gasteiger charge is 2.04. The zero-order chi connectivity index (χ0) is 15.4. The molecule has 1 amide bonds.